The van der Waals surface area contributed by atoms with E-state index in [1.807, 2.05) is 0 Å². The van der Waals surface area contributed by atoms with Crippen LogP contribution in [0.5, 0.6) is 0 Å². The Morgan fingerprint density at radius 2 is 1.88 bits per heavy atom. The van der Waals surface area contributed by atoms with Crippen LogP contribution in [0.3, 0.4) is 0 Å². The molecule has 0 aliphatic carbocycles. The number of β-lactam (4-membered cyclic amide) rings is 1. The van der Waals surface area contributed by atoms with Gasteiger partial charge in [0, 0.05) is 17.7 Å². The number of hydrogen-bond acceptors (Lipinski definition) is 8. The van der Waals surface area contributed by atoms with Gasteiger partial charge in [-0.25, -0.2) is 4.79 Å². The third kappa shape index (κ3) is 3.88. The first-order chi connectivity index (χ1) is 15.4. The molecule has 0 radical (unpaired) electrons. The number of carbonyl (C=O) groups is 3. The van der Waals surface area contributed by atoms with E-state index < -0.39 is 40.7 Å². The maximum absolute atomic E-state index is 12.6. The fourth-order valence-corrected chi connectivity index (χ4v) is 3.34. The average molecular weight is 439 g/mol. The van der Waals surface area contributed by atoms with Gasteiger partial charge < -0.3 is 19.9 Å². The molecule has 11 nitrogen and oxygen atoms in total. The minimum atomic E-state index is -1.02. The Morgan fingerprint density at radius 3 is 2.53 bits per heavy atom. The van der Waals surface area contributed by atoms with Crippen LogP contribution in [0.25, 0.3) is 0 Å². The third-order valence-electron chi connectivity index (χ3n) is 4.98. The number of benzene rings is 2. The molecule has 2 aromatic carbocycles. The molecule has 2 N–H and O–H groups in total. The van der Waals surface area contributed by atoms with Crippen molar-refractivity contribution in [2.24, 2.45) is 0 Å². The molecule has 2 heterocycles. The number of nitro groups is 1. The lowest BCUT2D eigenvalue weighted by molar-refractivity contribution is -0.384. The predicted octanol–water partition coefficient (Wildman–Crippen LogP) is 1.40. The lowest BCUT2D eigenvalue weighted by atomic mass is 10.0. The Hall–Kier alpha value is -4.25. The molecule has 2 aliphatic rings. The highest BCUT2D eigenvalue weighted by atomic mass is 16.6. The first kappa shape index (κ1) is 21.0. The average Bonchev–Trinajstić information content (AvgIpc) is 2.81. The Morgan fingerprint density at radius 1 is 1.19 bits per heavy atom. The van der Waals surface area contributed by atoms with E-state index in [4.69, 9.17) is 9.47 Å². The van der Waals surface area contributed by atoms with E-state index in [1.165, 1.54) is 24.3 Å². The zero-order valence-electron chi connectivity index (χ0n) is 16.5. The zero-order chi connectivity index (χ0) is 22.8. The molecule has 0 spiro atoms. The maximum Gasteiger partial charge on any atom is 0.359 e. The Balaban J connectivity index is 1.41. The van der Waals surface area contributed by atoms with Gasteiger partial charge in [-0.3, -0.25) is 24.6 Å². The van der Waals surface area contributed by atoms with Crippen LogP contribution in [0.15, 0.2) is 66.1 Å². The van der Waals surface area contributed by atoms with Gasteiger partial charge in [0.2, 0.25) is 0 Å². The summed E-state index contributed by atoms with van der Waals surface area (Å²) in [6.45, 7) is -0.566. The van der Waals surface area contributed by atoms with Crippen molar-refractivity contribution in [3.05, 3.63) is 87.3 Å². The molecule has 164 valence electrons. The molecule has 4 rings (SSSR count). The van der Waals surface area contributed by atoms with Gasteiger partial charge in [0.1, 0.15) is 19.0 Å². The predicted molar refractivity (Wildman–Crippen MR) is 107 cm³/mol. The largest absolute Gasteiger partial charge is 0.507 e. The number of carbonyl (C=O) groups excluding carboxylic acids is 3. The van der Waals surface area contributed by atoms with Crippen molar-refractivity contribution in [3.8, 4) is 0 Å². The molecular weight excluding hydrogens is 422 g/mol. The third-order valence-corrected chi connectivity index (χ3v) is 4.98. The number of nitrogens with one attached hydrogen (secondary N) is 1. The van der Waals surface area contributed by atoms with Gasteiger partial charge in [-0.1, -0.05) is 18.2 Å². The van der Waals surface area contributed by atoms with Crippen molar-refractivity contribution < 1.29 is 33.9 Å². The normalized spacial score (nSPS) is 19.6. The van der Waals surface area contributed by atoms with Gasteiger partial charge in [0.25, 0.3) is 17.5 Å². The number of rotatable bonds is 6. The van der Waals surface area contributed by atoms with Crippen LogP contribution in [-0.2, 0) is 25.7 Å². The minimum Gasteiger partial charge on any atom is -0.507 e. The van der Waals surface area contributed by atoms with E-state index in [0.717, 1.165) is 4.90 Å². The van der Waals surface area contributed by atoms with E-state index in [1.54, 1.807) is 30.3 Å². The van der Waals surface area contributed by atoms with Gasteiger partial charge in [-0.2, -0.15) is 0 Å². The lowest BCUT2D eigenvalue weighted by Gasteiger charge is -2.48. The highest BCUT2D eigenvalue weighted by Gasteiger charge is 2.55. The van der Waals surface area contributed by atoms with Crippen molar-refractivity contribution in [1.29, 1.82) is 0 Å². The van der Waals surface area contributed by atoms with E-state index in [0.29, 0.717) is 11.1 Å². The van der Waals surface area contributed by atoms with E-state index in [2.05, 4.69) is 5.32 Å². The number of esters is 1. The number of aliphatic hydroxyl groups is 1. The van der Waals surface area contributed by atoms with Crippen LogP contribution in [0.4, 0.5) is 5.69 Å². The van der Waals surface area contributed by atoms with E-state index >= 15 is 0 Å². The Kier molecular flexibility index (Phi) is 5.56. The molecule has 1 saturated heterocycles. The molecule has 0 saturated carbocycles. The maximum atomic E-state index is 12.6. The molecule has 0 bridgehead atoms. The monoisotopic (exact) mass is 439 g/mol. The summed E-state index contributed by atoms with van der Waals surface area (Å²) in [5, 5.41) is 23.4. The molecule has 0 aromatic heterocycles. The fraction of sp³-hybridized carbons (Fsp3) is 0.190. The van der Waals surface area contributed by atoms with Crippen LogP contribution in [0.2, 0.25) is 0 Å². The summed E-state index contributed by atoms with van der Waals surface area (Å²) in [7, 11) is 0. The first-order valence-corrected chi connectivity index (χ1v) is 9.50. The molecule has 2 aromatic rings. The van der Waals surface area contributed by atoms with Crippen LogP contribution < -0.4 is 5.32 Å². The van der Waals surface area contributed by atoms with Crippen molar-refractivity contribution in [2.75, 3.05) is 6.61 Å². The number of hydrogen-bond donors (Lipinski definition) is 2. The number of non-ortho nitro benzene ring substituents is 1. The summed E-state index contributed by atoms with van der Waals surface area (Å²) in [5.41, 5.74) is 0.368. The fourth-order valence-electron chi connectivity index (χ4n) is 3.34. The smallest absolute Gasteiger partial charge is 0.359 e. The summed E-state index contributed by atoms with van der Waals surface area (Å²) in [6, 6.07) is 12.7. The molecule has 11 heteroatoms. The molecule has 2 atom stereocenters. The van der Waals surface area contributed by atoms with Gasteiger partial charge >= 0.3 is 5.97 Å². The second kappa shape index (κ2) is 8.47. The number of nitrogens with zero attached hydrogens (tertiary/aromatic N) is 2. The van der Waals surface area contributed by atoms with Gasteiger partial charge in [0.05, 0.1) is 4.92 Å². The summed E-state index contributed by atoms with van der Waals surface area (Å²) < 4.78 is 10.6. The van der Waals surface area contributed by atoms with Crippen molar-refractivity contribution >= 4 is 23.5 Å². The number of nitro benzene ring substituents is 1. The second-order valence-electron chi connectivity index (χ2n) is 7.02. The SMILES string of the molecule is O=C(OCc1ccc([N+](=O)[O-])cc1)C1=C(O)CO[C@@H]2[C@@H](NC(=O)c3ccccc3)C(=O)N12. The van der Waals surface area contributed by atoms with E-state index in [-0.39, 0.29) is 24.6 Å². The molecule has 0 unspecified atom stereocenters. The second-order valence-corrected chi connectivity index (χ2v) is 7.02. The number of ether oxygens (including phenoxy) is 2. The van der Waals surface area contributed by atoms with Crippen LogP contribution in [0, 0.1) is 10.1 Å². The Labute approximate surface area is 181 Å². The highest BCUT2D eigenvalue weighted by Crippen LogP contribution is 2.33. The molecule has 1 fully saturated rings. The summed E-state index contributed by atoms with van der Waals surface area (Å²) >= 11 is 0. The van der Waals surface area contributed by atoms with Gasteiger partial charge in [-0.15, -0.1) is 0 Å². The molecule has 2 amide bonds. The van der Waals surface area contributed by atoms with Crippen molar-refractivity contribution in [3.63, 3.8) is 0 Å². The van der Waals surface area contributed by atoms with Crippen molar-refractivity contribution in [2.45, 2.75) is 18.9 Å². The summed E-state index contributed by atoms with van der Waals surface area (Å²) in [4.78, 5) is 48.6. The number of aliphatic hydroxyl groups excluding tert-OH is 1. The van der Waals surface area contributed by atoms with Gasteiger partial charge in [0.15, 0.2) is 18.0 Å². The summed E-state index contributed by atoms with van der Waals surface area (Å²) in [6.07, 6.45) is -0.965. The summed E-state index contributed by atoms with van der Waals surface area (Å²) in [5.74, 6) is -2.55. The van der Waals surface area contributed by atoms with Gasteiger partial charge in [-0.05, 0) is 29.8 Å². The number of amides is 2. The topological polar surface area (TPSA) is 148 Å². The van der Waals surface area contributed by atoms with Crippen LogP contribution >= 0.6 is 0 Å². The quantitative estimate of drug-likeness (QED) is 0.297. The first-order valence-electron chi connectivity index (χ1n) is 9.50. The molecule has 2 aliphatic heterocycles. The zero-order valence-corrected chi connectivity index (χ0v) is 16.5. The van der Waals surface area contributed by atoms with Crippen molar-refractivity contribution in [1.82, 2.24) is 10.2 Å². The standard InChI is InChI=1S/C21H17N3O8/c25-15-11-31-20-16(22-18(26)13-4-2-1-3-5-13)19(27)23(20)17(15)21(28)32-10-12-6-8-14(9-7-12)24(29)30/h1-9,16,20,25H,10-11H2,(H,22,26)/t16-,20+/m0/s1. The minimum absolute atomic E-state index is 0.109. The van der Waals surface area contributed by atoms with Crippen LogP contribution in [0.1, 0.15) is 15.9 Å². The Bertz CT molecular complexity index is 1110. The lowest BCUT2D eigenvalue weighted by Crippen LogP contribution is -2.73. The molecular formula is C21H17N3O8. The molecule has 32 heavy (non-hydrogen) atoms. The van der Waals surface area contributed by atoms with Crippen LogP contribution in [-0.4, -0.2) is 51.6 Å². The van der Waals surface area contributed by atoms with E-state index in [9.17, 15) is 29.6 Å². The highest BCUT2D eigenvalue weighted by molar-refractivity contribution is 6.03. The number of fused-ring (bicyclic) bond motifs is 1.